The number of carbonyl (C=O) groups is 2. The van der Waals surface area contributed by atoms with Crippen LogP contribution >= 0.6 is 0 Å². The van der Waals surface area contributed by atoms with Crippen LogP contribution in [0.5, 0.6) is 0 Å². The van der Waals surface area contributed by atoms with Crippen molar-refractivity contribution in [2.24, 2.45) is 0 Å². The first-order valence-corrected chi connectivity index (χ1v) is 6.09. The summed E-state index contributed by atoms with van der Waals surface area (Å²) in [5.74, 6) is -0.167. The summed E-state index contributed by atoms with van der Waals surface area (Å²) < 4.78 is 5.45. The molecule has 0 saturated heterocycles. The maximum atomic E-state index is 11.8. The van der Waals surface area contributed by atoms with E-state index in [9.17, 15) is 9.59 Å². The molecular weight excluding hydrogens is 258 g/mol. The summed E-state index contributed by atoms with van der Waals surface area (Å²) in [6, 6.07) is 7.35. The van der Waals surface area contributed by atoms with Crippen LogP contribution in [0.15, 0.2) is 34.8 Å². The molecule has 0 saturated carbocycles. The average Bonchev–Trinajstić information content (AvgIpc) is 2.87. The molecule has 0 unspecified atom stereocenters. The second-order valence-corrected chi connectivity index (χ2v) is 4.22. The topological polar surface area (TPSA) is 75.4 Å². The summed E-state index contributed by atoms with van der Waals surface area (Å²) in [5.41, 5.74) is 1.40. The van der Waals surface area contributed by atoms with E-state index < -0.39 is 0 Å². The average molecular weight is 273 g/mol. The maximum Gasteiger partial charge on any atom is 0.246 e. The Labute approximate surface area is 116 Å². The molecule has 0 spiro atoms. The molecule has 2 amide bonds. The van der Waals surface area contributed by atoms with Crippen LogP contribution in [-0.2, 0) is 9.59 Å². The van der Waals surface area contributed by atoms with Gasteiger partial charge < -0.3 is 14.6 Å². The largest absolute Gasteiger partial charge is 0.437 e. The van der Waals surface area contributed by atoms with Gasteiger partial charge in [-0.15, -0.1) is 0 Å². The molecule has 2 rings (SSSR count). The Kier molecular flexibility index (Phi) is 4.14. The van der Waals surface area contributed by atoms with Crippen LogP contribution in [0.1, 0.15) is 5.89 Å². The van der Waals surface area contributed by atoms with E-state index in [1.807, 2.05) is 18.2 Å². The Morgan fingerprint density at radius 3 is 2.85 bits per heavy atom. The standard InChI is InChI=1S/C14H15N3O3/c1-15-12(18)9-17(2)14(19)8-7-13-16-10-5-3-4-6-11(10)20-13/h3-8H,9H2,1-2H3,(H,15,18). The number of nitrogens with zero attached hydrogens (tertiary/aromatic N) is 2. The predicted molar refractivity (Wildman–Crippen MR) is 74.7 cm³/mol. The Hall–Kier alpha value is -2.63. The highest BCUT2D eigenvalue weighted by Gasteiger charge is 2.09. The molecule has 104 valence electrons. The summed E-state index contributed by atoms with van der Waals surface area (Å²) >= 11 is 0. The molecule has 0 radical (unpaired) electrons. The zero-order chi connectivity index (χ0) is 14.5. The van der Waals surface area contributed by atoms with Crippen molar-refractivity contribution in [3.05, 3.63) is 36.2 Å². The normalized spacial score (nSPS) is 10.9. The van der Waals surface area contributed by atoms with Crippen LogP contribution in [0.25, 0.3) is 17.2 Å². The molecule has 0 bridgehead atoms. The van der Waals surface area contributed by atoms with Crippen molar-refractivity contribution in [2.75, 3.05) is 20.6 Å². The highest BCUT2D eigenvalue weighted by atomic mass is 16.3. The molecule has 6 heteroatoms. The third-order valence-electron chi connectivity index (χ3n) is 2.71. The summed E-state index contributed by atoms with van der Waals surface area (Å²) in [4.78, 5) is 28.5. The molecular formula is C14H15N3O3. The number of carbonyl (C=O) groups excluding carboxylic acids is 2. The van der Waals surface area contributed by atoms with Crippen molar-refractivity contribution in [1.29, 1.82) is 0 Å². The summed E-state index contributed by atoms with van der Waals surface area (Å²) in [6.07, 6.45) is 2.82. The lowest BCUT2D eigenvalue weighted by molar-refractivity contribution is -0.130. The second-order valence-electron chi connectivity index (χ2n) is 4.22. The smallest absolute Gasteiger partial charge is 0.246 e. The van der Waals surface area contributed by atoms with E-state index in [2.05, 4.69) is 10.3 Å². The molecule has 0 fully saturated rings. The Bertz CT molecular complexity index is 627. The molecule has 0 aliphatic carbocycles. The molecule has 0 atom stereocenters. The fourth-order valence-corrected chi connectivity index (χ4v) is 1.60. The lowest BCUT2D eigenvalue weighted by Crippen LogP contribution is -2.35. The number of nitrogens with one attached hydrogen (secondary N) is 1. The zero-order valence-electron chi connectivity index (χ0n) is 11.3. The summed E-state index contributed by atoms with van der Waals surface area (Å²) in [5, 5.41) is 2.45. The van der Waals surface area contributed by atoms with Gasteiger partial charge in [0.15, 0.2) is 5.58 Å². The first-order chi connectivity index (χ1) is 9.60. The maximum absolute atomic E-state index is 11.8. The number of hydrogen-bond donors (Lipinski definition) is 1. The molecule has 2 aromatic rings. The van der Waals surface area contributed by atoms with E-state index in [0.717, 1.165) is 5.52 Å². The number of likely N-dealkylation sites (N-methyl/N-ethyl adjacent to an activating group) is 2. The van der Waals surface area contributed by atoms with Gasteiger partial charge in [-0.25, -0.2) is 4.98 Å². The van der Waals surface area contributed by atoms with E-state index in [4.69, 9.17) is 4.42 Å². The van der Waals surface area contributed by atoms with Crippen molar-refractivity contribution in [2.45, 2.75) is 0 Å². The quantitative estimate of drug-likeness (QED) is 0.845. The van der Waals surface area contributed by atoms with Gasteiger partial charge in [-0.3, -0.25) is 9.59 Å². The van der Waals surface area contributed by atoms with Gasteiger partial charge in [0.1, 0.15) is 5.52 Å². The summed E-state index contributed by atoms with van der Waals surface area (Å²) in [6.45, 7) is 0.00717. The van der Waals surface area contributed by atoms with Gasteiger partial charge in [0.2, 0.25) is 17.7 Å². The number of para-hydroxylation sites is 2. The second kappa shape index (κ2) is 6.01. The van der Waals surface area contributed by atoms with Gasteiger partial charge in [0.05, 0.1) is 6.54 Å². The van der Waals surface area contributed by atoms with Gasteiger partial charge in [-0.05, 0) is 12.1 Å². The van der Waals surface area contributed by atoms with Crippen LogP contribution in [0.4, 0.5) is 0 Å². The lowest BCUT2D eigenvalue weighted by atomic mass is 10.3. The van der Waals surface area contributed by atoms with Crippen molar-refractivity contribution in [1.82, 2.24) is 15.2 Å². The molecule has 0 aliphatic rings. The molecule has 0 aliphatic heterocycles. The van der Waals surface area contributed by atoms with E-state index in [-0.39, 0.29) is 18.4 Å². The van der Waals surface area contributed by atoms with Crippen LogP contribution in [-0.4, -0.2) is 42.3 Å². The van der Waals surface area contributed by atoms with Crippen molar-refractivity contribution in [3.63, 3.8) is 0 Å². The predicted octanol–water partition coefficient (Wildman–Crippen LogP) is 1.05. The van der Waals surface area contributed by atoms with Gasteiger partial charge in [0.25, 0.3) is 0 Å². The van der Waals surface area contributed by atoms with Crippen LogP contribution < -0.4 is 5.32 Å². The van der Waals surface area contributed by atoms with Crippen LogP contribution in [0.2, 0.25) is 0 Å². The minimum Gasteiger partial charge on any atom is -0.437 e. The van der Waals surface area contributed by atoms with E-state index in [1.54, 1.807) is 13.1 Å². The fraction of sp³-hybridized carbons (Fsp3) is 0.214. The van der Waals surface area contributed by atoms with E-state index in [1.165, 1.54) is 24.1 Å². The number of rotatable bonds is 4. The number of oxazole rings is 1. The summed E-state index contributed by atoms with van der Waals surface area (Å²) in [7, 11) is 3.07. The highest BCUT2D eigenvalue weighted by Crippen LogP contribution is 2.15. The minimum absolute atomic E-state index is 0.00717. The lowest BCUT2D eigenvalue weighted by Gasteiger charge is -2.13. The Morgan fingerprint density at radius 2 is 2.15 bits per heavy atom. The SMILES string of the molecule is CNC(=O)CN(C)C(=O)C=Cc1nc2ccccc2o1. The zero-order valence-corrected chi connectivity index (χ0v) is 11.3. The van der Waals surface area contributed by atoms with Crippen LogP contribution in [0, 0.1) is 0 Å². The molecule has 6 nitrogen and oxygen atoms in total. The first kappa shape index (κ1) is 13.8. The van der Waals surface area contributed by atoms with Gasteiger partial charge in [-0.1, -0.05) is 12.1 Å². The number of amides is 2. The molecule has 1 heterocycles. The van der Waals surface area contributed by atoms with Crippen molar-refractivity contribution in [3.8, 4) is 0 Å². The fourth-order valence-electron chi connectivity index (χ4n) is 1.60. The first-order valence-electron chi connectivity index (χ1n) is 6.09. The van der Waals surface area contributed by atoms with Crippen molar-refractivity contribution < 1.29 is 14.0 Å². The van der Waals surface area contributed by atoms with Crippen molar-refractivity contribution >= 4 is 29.0 Å². The van der Waals surface area contributed by atoms with E-state index in [0.29, 0.717) is 11.5 Å². The molecule has 1 aromatic carbocycles. The Balaban J connectivity index is 2.04. The Morgan fingerprint density at radius 1 is 1.40 bits per heavy atom. The minimum atomic E-state index is -0.296. The number of fused-ring (bicyclic) bond motifs is 1. The number of hydrogen-bond acceptors (Lipinski definition) is 4. The molecule has 1 aromatic heterocycles. The number of benzene rings is 1. The molecule has 20 heavy (non-hydrogen) atoms. The van der Waals surface area contributed by atoms with Gasteiger partial charge >= 0.3 is 0 Å². The highest BCUT2D eigenvalue weighted by molar-refractivity contribution is 5.94. The number of aromatic nitrogens is 1. The monoisotopic (exact) mass is 273 g/mol. The van der Waals surface area contributed by atoms with Gasteiger partial charge in [0, 0.05) is 26.2 Å². The van der Waals surface area contributed by atoms with Gasteiger partial charge in [-0.2, -0.15) is 0 Å². The molecule has 1 N–H and O–H groups in total. The third kappa shape index (κ3) is 3.23. The van der Waals surface area contributed by atoms with Crippen LogP contribution in [0.3, 0.4) is 0 Å². The van der Waals surface area contributed by atoms with E-state index >= 15 is 0 Å². The third-order valence-corrected chi connectivity index (χ3v) is 2.71.